The van der Waals surface area contributed by atoms with Crippen LogP contribution in [0.5, 0.6) is 0 Å². The van der Waals surface area contributed by atoms with Crippen LogP contribution in [0.1, 0.15) is 5.56 Å². The molecule has 0 atom stereocenters. The summed E-state index contributed by atoms with van der Waals surface area (Å²) in [5.74, 6) is -2.20. The summed E-state index contributed by atoms with van der Waals surface area (Å²) in [6.45, 7) is -0.881. The molecule has 17 heavy (non-hydrogen) atoms. The Morgan fingerprint density at radius 1 is 1.00 bits per heavy atom. The third-order valence-corrected chi connectivity index (χ3v) is 2.14. The molecule has 0 unspecified atom stereocenters. The van der Waals surface area contributed by atoms with E-state index < -0.39 is 11.9 Å². The molecule has 6 heteroatoms. The van der Waals surface area contributed by atoms with E-state index in [4.69, 9.17) is 15.3 Å². The maximum atomic E-state index is 10.6. The average Bonchev–Trinajstić information content (AvgIpc) is 2.27. The number of carboxylic acids is 2. The third-order valence-electron chi connectivity index (χ3n) is 2.14. The van der Waals surface area contributed by atoms with E-state index in [1.807, 2.05) is 0 Å². The predicted molar refractivity (Wildman–Crippen MR) is 59.8 cm³/mol. The number of hydrogen-bond acceptors (Lipinski definition) is 4. The van der Waals surface area contributed by atoms with E-state index in [9.17, 15) is 9.59 Å². The Labute approximate surface area is 97.7 Å². The molecule has 0 amide bonds. The molecule has 0 heterocycles. The van der Waals surface area contributed by atoms with Crippen molar-refractivity contribution in [3.63, 3.8) is 0 Å². The van der Waals surface area contributed by atoms with Gasteiger partial charge in [-0.1, -0.05) is 12.1 Å². The van der Waals surface area contributed by atoms with Gasteiger partial charge in [0, 0.05) is 5.69 Å². The molecule has 0 bridgehead atoms. The number of aliphatic carboxylic acids is 2. The quantitative estimate of drug-likeness (QED) is 0.654. The topological polar surface area (TPSA) is 98.1 Å². The molecule has 3 N–H and O–H groups in total. The Balaban J connectivity index is 2.86. The second kappa shape index (κ2) is 5.86. The highest BCUT2D eigenvalue weighted by Gasteiger charge is 2.13. The second-order valence-electron chi connectivity index (χ2n) is 3.47. The summed E-state index contributed by atoms with van der Waals surface area (Å²) in [6.07, 6.45) is 0. The van der Waals surface area contributed by atoms with Crippen molar-refractivity contribution in [2.24, 2.45) is 0 Å². The van der Waals surface area contributed by atoms with Crippen molar-refractivity contribution in [2.45, 2.75) is 6.61 Å². The Bertz CT molecular complexity index is 385. The van der Waals surface area contributed by atoms with Crippen LogP contribution in [-0.2, 0) is 16.2 Å². The van der Waals surface area contributed by atoms with Gasteiger partial charge in [-0.25, -0.2) is 0 Å². The van der Waals surface area contributed by atoms with Crippen molar-refractivity contribution >= 4 is 17.6 Å². The lowest BCUT2D eigenvalue weighted by Gasteiger charge is -2.20. The van der Waals surface area contributed by atoms with Gasteiger partial charge in [0.05, 0.1) is 6.61 Å². The Morgan fingerprint density at radius 3 is 1.82 bits per heavy atom. The summed E-state index contributed by atoms with van der Waals surface area (Å²) >= 11 is 0. The summed E-state index contributed by atoms with van der Waals surface area (Å²) in [5.41, 5.74) is 1.17. The van der Waals surface area contributed by atoms with E-state index in [1.165, 1.54) is 4.90 Å². The number of aliphatic hydroxyl groups excluding tert-OH is 1. The van der Waals surface area contributed by atoms with E-state index >= 15 is 0 Å². The molecular weight excluding hydrogens is 226 g/mol. The standard InChI is InChI=1S/C11H13NO5/c13-7-8-1-3-9(4-2-8)12(5-10(14)15)6-11(16)17/h1-4,13H,5-7H2,(H,14,15)(H,16,17). The zero-order valence-corrected chi connectivity index (χ0v) is 9.04. The van der Waals surface area contributed by atoms with Crippen molar-refractivity contribution in [3.8, 4) is 0 Å². The lowest BCUT2D eigenvalue weighted by atomic mass is 10.2. The van der Waals surface area contributed by atoms with Crippen LogP contribution in [0.3, 0.4) is 0 Å². The second-order valence-corrected chi connectivity index (χ2v) is 3.47. The van der Waals surface area contributed by atoms with E-state index in [1.54, 1.807) is 24.3 Å². The van der Waals surface area contributed by atoms with Crippen LogP contribution in [0.25, 0.3) is 0 Å². The highest BCUT2D eigenvalue weighted by atomic mass is 16.4. The SMILES string of the molecule is O=C(O)CN(CC(=O)O)c1ccc(CO)cc1. The van der Waals surface area contributed by atoms with Gasteiger partial charge in [0.15, 0.2) is 0 Å². The first kappa shape index (κ1) is 13.0. The Kier molecular flexibility index (Phi) is 4.47. The highest BCUT2D eigenvalue weighted by Crippen LogP contribution is 2.15. The summed E-state index contributed by atoms with van der Waals surface area (Å²) in [7, 11) is 0. The molecule has 1 rings (SSSR count). The van der Waals surface area contributed by atoms with Crippen molar-refractivity contribution < 1.29 is 24.9 Å². The first-order valence-corrected chi connectivity index (χ1v) is 4.91. The molecule has 0 aliphatic rings. The summed E-state index contributed by atoms with van der Waals surface area (Å²) in [6, 6.07) is 6.40. The van der Waals surface area contributed by atoms with E-state index in [-0.39, 0.29) is 19.7 Å². The number of nitrogens with zero attached hydrogens (tertiary/aromatic N) is 1. The molecule has 1 aromatic carbocycles. The molecule has 92 valence electrons. The predicted octanol–water partition coefficient (Wildman–Crippen LogP) is 0.155. The monoisotopic (exact) mass is 239 g/mol. The zero-order valence-electron chi connectivity index (χ0n) is 9.04. The fourth-order valence-electron chi connectivity index (χ4n) is 1.38. The van der Waals surface area contributed by atoms with Crippen molar-refractivity contribution in [1.82, 2.24) is 0 Å². The van der Waals surface area contributed by atoms with Gasteiger partial charge in [-0.3, -0.25) is 9.59 Å². The number of anilines is 1. The molecule has 0 spiro atoms. The minimum Gasteiger partial charge on any atom is -0.480 e. The highest BCUT2D eigenvalue weighted by molar-refractivity contribution is 5.79. The van der Waals surface area contributed by atoms with Gasteiger partial charge in [0.1, 0.15) is 13.1 Å². The van der Waals surface area contributed by atoms with Crippen LogP contribution in [0.15, 0.2) is 24.3 Å². The molecule has 0 radical (unpaired) electrons. The van der Waals surface area contributed by atoms with Crippen LogP contribution in [0.4, 0.5) is 5.69 Å². The summed E-state index contributed by atoms with van der Waals surface area (Å²) < 4.78 is 0. The third kappa shape index (κ3) is 4.12. The van der Waals surface area contributed by atoms with Gasteiger partial charge in [-0.15, -0.1) is 0 Å². The molecule has 0 aliphatic heterocycles. The molecular formula is C11H13NO5. The number of benzene rings is 1. The minimum atomic E-state index is -1.10. The van der Waals surface area contributed by atoms with Crippen LogP contribution in [0.2, 0.25) is 0 Å². The normalized spacial score (nSPS) is 9.94. The molecule has 1 aromatic rings. The van der Waals surface area contributed by atoms with Crippen molar-refractivity contribution in [3.05, 3.63) is 29.8 Å². The van der Waals surface area contributed by atoms with Crippen molar-refractivity contribution in [1.29, 1.82) is 0 Å². The molecule has 6 nitrogen and oxygen atoms in total. The van der Waals surface area contributed by atoms with Crippen molar-refractivity contribution in [2.75, 3.05) is 18.0 Å². The van der Waals surface area contributed by atoms with E-state index in [2.05, 4.69) is 0 Å². The lowest BCUT2D eigenvalue weighted by molar-refractivity contribution is -0.136. The molecule has 0 aliphatic carbocycles. The van der Waals surface area contributed by atoms with Crippen LogP contribution >= 0.6 is 0 Å². The Hall–Kier alpha value is -2.08. The maximum Gasteiger partial charge on any atom is 0.323 e. The first-order chi connectivity index (χ1) is 8.02. The minimum absolute atomic E-state index is 0.113. The van der Waals surface area contributed by atoms with Gasteiger partial charge < -0.3 is 20.2 Å². The Morgan fingerprint density at radius 2 is 1.47 bits per heavy atom. The largest absolute Gasteiger partial charge is 0.480 e. The lowest BCUT2D eigenvalue weighted by Crippen LogP contribution is -2.34. The molecule has 0 aromatic heterocycles. The van der Waals surface area contributed by atoms with Gasteiger partial charge in [0.25, 0.3) is 0 Å². The zero-order chi connectivity index (χ0) is 12.8. The van der Waals surface area contributed by atoms with Gasteiger partial charge in [0.2, 0.25) is 0 Å². The van der Waals surface area contributed by atoms with Gasteiger partial charge in [-0.05, 0) is 17.7 Å². The van der Waals surface area contributed by atoms with Crippen LogP contribution in [0, 0.1) is 0 Å². The van der Waals surface area contributed by atoms with Gasteiger partial charge in [-0.2, -0.15) is 0 Å². The van der Waals surface area contributed by atoms with E-state index in [0.29, 0.717) is 11.3 Å². The number of carboxylic acid groups (broad SMARTS) is 2. The number of aliphatic hydroxyl groups is 1. The van der Waals surface area contributed by atoms with Crippen LogP contribution in [-0.4, -0.2) is 40.3 Å². The fraction of sp³-hybridized carbons (Fsp3) is 0.273. The molecule has 0 fully saturated rings. The first-order valence-electron chi connectivity index (χ1n) is 4.91. The molecule has 0 saturated carbocycles. The number of rotatable bonds is 6. The summed E-state index contributed by atoms with van der Waals surface area (Å²) in [4.78, 5) is 22.5. The maximum absolute atomic E-state index is 10.6. The number of hydrogen-bond donors (Lipinski definition) is 3. The smallest absolute Gasteiger partial charge is 0.323 e. The van der Waals surface area contributed by atoms with E-state index in [0.717, 1.165) is 0 Å². The fourth-order valence-corrected chi connectivity index (χ4v) is 1.38. The number of carbonyl (C=O) groups is 2. The molecule has 0 saturated heterocycles. The van der Waals surface area contributed by atoms with Gasteiger partial charge >= 0.3 is 11.9 Å². The van der Waals surface area contributed by atoms with Crippen LogP contribution < -0.4 is 4.90 Å². The summed E-state index contributed by atoms with van der Waals surface area (Å²) in [5, 5.41) is 26.2. The average molecular weight is 239 g/mol.